The summed E-state index contributed by atoms with van der Waals surface area (Å²) >= 11 is 0. The first kappa shape index (κ1) is 21.2. The van der Waals surface area contributed by atoms with Gasteiger partial charge in [0.15, 0.2) is 0 Å². The lowest BCUT2D eigenvalue weighted by molar-refractivity contribution is -0.384. The summed E-state index contributed by atoms with van der Waals surface area (Å²) in [5.41, 5.74) is 1.27. The van der Waals surface area contributed by atoms with Gasteiger partial charge in [-0.15, -0.1) is 0 Å². The van der Waals surface area contributed by atoms with Crippen LogP contribution >= 0.6 is 0 Å². The van der Waals surface area contributed by atoms with Crippen LogP contribution in [0.1, 0.15) is 64.4 Å². The van der Waals surface area contributed by atoms with Crippen LogP contribution in [0.3, 0.4) is 0 Å². The van der Waals surface area contributed by atoms with Crippen molar-refractivity contribution < 1.29 is 19.9 Å². The summed E-state index contributed by atoms with van der Waals surface area (Å²) in [6, 6.07) is 5.26. The van der Waals surface area contributed by atoms with Gasteiger partial charge in [0.2, 0.25) is 0 Å². The van der Waals surface area contributed by atoms with Crippen molar-refractivity contribution in [2.75, 3.05) is 11.4 Å². The summed E-state index contributed by atoms with van der Waals surface area (Å²) in [5.74, 6) is -0.878. The molecule has 150 valence electrons. The smallest absolute Gasteiger partial charge is 0.303 e. The van der Waals surface area contributed by atoms with Gasteiger partial charge in [-0.3, -0.25) is 14.9 Å². The highest BCUT2D eigenvalue weighted by atomic mass is 16.6. The lowest BCUT2D eigenvalue weighted by Crippen LogP contribution is -2.41. The van der Waals surface area contributed by atoms with Gasteiger partial charge in [0.25, 0.3) is 5.69 Å². The number of hydrogen-bond donors (Lipinski definition) is 2. The Morgan fingerprint density at radius 2 is 1.89 bits per heavy atom. The molecule has 1 saturated carbocycles. The van der Waals surface area contributed by atoms with Gasteiger partial charge in [-0.25, -0.2) is 0 Å². The number of aliphatic hydroxyl groups is 1. The normalized spacial score (nSPS) is 21.1. The second-order valence-electron chi connectivity index (χ2n) is 8.01. The third-order valence-electron chi connectivity index (χ3n) is 5.22. The zero-order valence-corrected chi connectivity index (χ0v) is 16.3. The highest BCUT2D eigenvalue weighted by Crippen LogP contribution is 2.36. The SMILES string of the molecule is CC(C)CN(c1ccc(C(C)CC(=O)O)cc1[N+](=O)[O-])C1CCC(O)CC1. The number of nitro benzene ring substituents is 1. The zero-order chi connectivity index (χ0) is 20.1. The van der Waals surface area contributed by atoms with Gasteiger partial charge in [-0.05, 0) is 49.1 Å². The van der Waals surface area contributed by atoms with Crippen molar-refractivity contribution in [3.8, 4) is 0 Å². The molecule has 1 fully saturated rings. The van der Waals surface area contributed by atoms with Crippen molar-refractivity contribution in [3.63, 3.8) is 0 Å². The fourth-order valence-electron chi connectivity index (χ4n) is 3.82. The van der Waals surface area contributed by atoms with Crippen LogP contribution in [0.5, 0.6) is 0 Å². The van der Waals surface area contributed by atoms with Crippen molar-refractivity contribution in [1.82, 2.24) is 0 Å². The molecule has 0 bridgehead atoms. The summed E-state index contributed by atoms with van der Waals surface area (Å²) < 4.78 is 0. The molecular formula is C20H30N2O5. The molecule has 1 atom stereocenters. The van der Waals surface area contributed by atoms with Crippen molar-refractivity contribution in [3.05, 3.63) is 33.9 Å². The van der Waals surface area contributed by atoms with Crippen LogP contribution in [-0.4, -0.2) is 39.8 Å². The van der Waals surface area contributed by atoms with Gasteiger partial charge in [0.05, 0.1) is 17.4 Å². The van der Waals surface area contributed by atoms with Crippen molar-refractivity contribution in [1.29, 1.82) is 0 Å². The monoisotopic (exact) mass is 378 g/mol. The molecule has 1 aliphatic carbocycles. The van der Waals surface area contributed by atoms with Crippen LogP contribution < -0.4 is 4.90 Å². The molecule has 2 rings (SSSR count). The van der Waals surface area contributed by atoms with Gasteiger partial charge in [0, 0.05) is 18.7 Å². The maximum absolute atomic E-state index is 11.8. The summed E-state index contributed by atoms with van der Waals surface area (Å²) in [5, 5.41) is 30.6. The number of carbonyl (C=O) groups is 1. The van der Waals surface area contributed by atoms with E-state index in [0.717, 1.165) is 12.8 Å². The van der Waals surface area contributed by atoms with Gasteiger partial charge >= 0.3 is 5.97 Å². The Morgan fingerprint density at radius 3 is 2.41 bits per heavy atom. The standard InChI is InChI=1S/C20H30N2O5/c1-13(2)12-21(16-5-7-17(23)8-6-16)18-9-4-15(11-19(18)22(26)27)14(3)10-20(24)25/h4,9,11,13-14,16-17,23H,5-8,10,12H2,1-3H3,(H,24,25). The molecule has 7 nitrogen and oxygen atoms in total. The predicted molar refractivity (Wildman–Crippen MR) is 104 cm³/mol. The Hall–Kier alpha value is -2.15. The molecule has 0 saturated heterocycles. The minimum atomic E-state index is -0.920. The molecule has 0 radical (unpaired) electrons. The molecule has 0 amide bonds. The molecule has 0 aliphatic heterocycles. The second kappa shape index (κ2) is 9.17. The fourth-order valence-corrected chi connectivity index (χ4v) is 3.82. The average molecular weight is 378 g/mol. The third-order valence-corrected chi connectivity index (χ3v) is 5.22. The Labute approximate surface area is 160 Å². The van der Waals surface area contributed by atoms with Crippen LogP contribution in [0.2, 0.25) is 0 Å². The van der Waals surface area contributed by atoms with Crippen LogP contribution in [-0.2, 0) is 4.79 Å². The molecule has 2 N–H and O–H groups in total. The molecule has 27 heavy (non-hydrogen) atoms. The maximum atomic E-state index is 11.8. The number of nitrogens with zero attached hydrogens (tertiary/aromatic N) is 2. The minimum Gasteiger partial charge on any atom is -0.481 e. The third kappa shape index (κ3) is 5.66. The Bertz CT molecular complexity index is 668. The Morgan fingerprint density at radius 1 is 1.26 bits per heavy atom. The second-order valence-corrected chi connectivity index (χ2v) is 8.01. The van der Waals surface area contributed by atoms with Crippen LogP contribution in [0, 0.1) is 16.0 Å². The van der Waals surface area contributed by atoms with E-state index < -0.39 is 5.97 Å². The van der Waals surface area contributed by atoms with Crippen LogP contribution in [0.15, 0.2) is 18.2 Å². The summed E-state index contributed by atoms with van der Waals surface area (Å²) in [6.07, 6.45) is 2.69. The highest BCUT2D eigenvalue weighted by molar-refractivity contribution is 5.69. The first-order valence-electron chi connectivity index (χ1n) is 9.63. The van der Waals surface area contributed by atoms with Crippen LogP contribution in [0.25, 0.3) is 0 Å². The summed E-state index contributed by atoms with van der Waals surface area (Å²) in [4.78, 5) is 24.5. The zero-order valence-electron chi connectivity index (χ0n) is 16.3. The lowest BCUT2D eigenvalue weighted by Gasteiger charge is -2.38. The van der Waals surface area contributed by atoms with Crippen molar-refractivity contribution >= 4 is 17.3 Å². The van der Waals surface area contributed by atoms with Crippen LogP contribution in [0.4, 0.5) is 11.4 Å². The molecule has 7 heteroatoms. The number of carboxylic acid groups (broad SMARTS) is 1. The average Bonchev–Trinajstić information content (AvgIpc) is 2.59. The number of anilines is 1. The fraction of sp³-hybridized carbons (Fsp3) is 0.650. The van der Waals surface area contributed by atoms with Gasteiger partial charge < -0.3 is 15.1 Å². The molecule has 0 spiro atoms. The van der Waals surface area contributed by atoms with Gasteiger partial charge in [0.1, 0.15) is 5.69 Å². The van der Waals surface area contributed by atoms with Gasteiger partial charge in [-0.1, -0.05) is 26.8 Å². The Kier molecular flexibility index (Phi) is 7.18. The topological polar surface area (TPSA) is 104 Å². The van der Waals surface area contributed by atoms with E-state index in [1.165, 1.54) is 6.07 Å². The van der Waals surface area contributed by atoms with Crippen molar-refractivity contribution in [2.24, 2.45) is 5.92 Å². The van der Waals surface area contributed by atoms with E-state index in [1.807, 2.05) is 0 Å². The van der Waals surface area contributed by atoms with E-state index in [0.29, 0.717) is 36.6 Å². The molecule has 1 aromatic carbocycles. The number of nitro groups is 1. The van der Waals surface area contributed by atoms with E-state index in [-0.39, 0.29) is 35.1 Å². The van der Waals surface area contributed by atoms with Gasteiger partial charge in [-0.2, -0.15) is 0 Å². The van der Waals surface area contributed by atoms with E-state index in [2.05, 4.69) is 18.7 Å². The quantitative estimate of drug-likeness (QED) is 0.524. The number of hydrogen-bond acceptors (Lipinski definition) is 5. The first-order chi connectivity index (χ1) is 12.7. The molecule has 0 aromatic heterocycles. The molecule has 0 heterocycles. The predicted octanol–water partition coefficient (Wildman–Crippen LogP) is 3.94. The number of aliphatic carboxylic acids is 1. The molecule has 1 aromatic rings. The number of carboxylic acids is 1. The summed E-state index contributed by atoms with van der Waals surface area (Å²) in [6.45, 7) is 6.63. The number of aliphatic hydroxyl groups excluding tert-OH is 1. The maximum Gasteiger partial charge on any atom is 0.303 e. The van der Waals surface area contributed by atoms with E-state index in [4.69, 9.17) is 5.11 Å². The summed E-state index contributed by atoms with van der Waals surface area (Å²) in [7, 11) is 0. The van der Waals surface area contributed by atoms with E-state index in [1.54, 1.807) is 19.1 Å². The molecule has 1 aliphatic rings. The number of rotatable bonds is 8. The minimum absolute atomic E-state index is 0.0245. The van der Waals surface area contributed by atoms with E-state index >= 15 is 0 Å². The van der Waals surface area contributed by atoms with Crippen molar-refractivity contribution in [2.45, 2.75) is 70.9 Å². The first-order valence-corrected chi connectivity index (χ1v) is 9.63. The largest absolute Gasteiger partial charge is 0.481 e. The molecule has 1 unspecified atom stereocenters. The lowest BCUT2D eigenvalue weighted by atomic mass is 9.90. The van der Waals surface area contributed by atoms with E-state index in [9.17, 15) is 20.0 Å². The highest BCUT2D eigenvalue weighted by Gasteiger charge is 2.30. The number of benzene rings is 1. The molecular weight excluding hydrogens is 348 g/mol. The Balaban J connectivity index is 2.38.